The van der Waals surface area contributed by atoms with E-state index in [-0.39, 0.29) is 5.91 Å². The van der Waals surface area contributed by atoms with E-state index in [9.17, 15) is 4.79 Å². The molecule has 6 heteroatoms. The van der Waals surface area contributed by atoms with Crippen molar-refractivity contribution in [2.45, 2.75) is 13.8 Å². The average molecular weight is 390 g/mol. The molecule has 1 heterocycles. The Labute approximate surface area is 171 Å². The Balaban J connectivity index is 1.61. The van der Waals surface area contributed by atoms with Crippen molar-refractivity contribution in [2.24, 2.45) is 0 Å². The molecule has 3 rings (SSSR count). The number of anilines is 1. The largest absolute Gasteiger partial charge is 0.490 e. The summed E-state index contributed by atoms with van der Waals surface area (Å²) in [5, 5.41) is 2.87. The van der Waals surface area contributed by atoms with Crippen LogP contribution in [0.4, 0.5) is 5.69 Å². The molecule has 6 nitrogen and oxygen atoms in total. The van der Waals surface area contributed by atoms with Crippen LogP contribution in [-0.2, 0) is 4.79 Å². The van der Waals surface area contributed by atoms with Gasteiger partial charge in [0.1, 0.15) is 12.4 Å². The van der Waals surface area contributed by atoms with E-state index < -0.39 is 0 Å². The maximum Gasteiger partial charge on any atom is 0.248 e. The van der Waals surface area contributed by atoms with Crippen LogP contribution in [0.25, 0.3) is 17.1 Å². The molecule has 0 spiro atoms. The molecule has 0 aliphatic rings. The summed E-state index contributed by atoms with van der Waals surface area (Å²) in [4.78, 5) is 23.5. The van der Waals surface area contributed by atoms with Gasteiger partial charge in [-0.15, -0.1) is 0 Å². The number of nitrogens with one attached hydrogen (secondary N) is 1. The van der Waals surface area contributed by atoms with Crippen LogP contribution in [0.5, 0.6) is 5.75 Å². The van der Waals surface area contributed by atoms with E-state index >= 15 is 0 Å². The monoisotopic (exact) mass is 390 g/mol. The first-order chi connectivity index (χ1) is 14.2. The van der Waals surface area contributed by atoms with Gasteiger partial charge < -0.3 is 15.0 Å². The van der Waals surface area contributed by atoms with E-state index in [4.69, 9.17) is 4.74 Å². The maximum absolute atomic E-state index is 12.4. The van der Waals surface area contributed by atoms with Crippen LogP contribution in [0, 0.1) is 0 Å². The zero-order valence-electron chi connectivity index (χ0n) is 16.8. The quantitative estimate of drug-likeness (QED) is 0.559. The van der Waals surface area contributed by atoms with Gasteiger partial charge >= 0.3 is 0 Å². The van der Waals surface area contributed by atoms with Gasteiger partial charge in [0.15, 0.2) is 0 Å². The van der Waals surface area contributed by atoms with Crippen LogP contribution < -0.4 is 10.1 Å². The van der Waals surface area contributed by atoms with Gasteiger partial charge in [-0.3, -0.25) is 9.78 Å². The first kappa shape index (κ1) is 20.5. The minimum absolute atomic E-state index is 0.250. The molecule has 0 fully saturated rings. The van der Waals surface area contributed by atoms with Gasteiger partial charge in [-0.1, -0.05) is 38.1 Å². The van der Waals surface area contributed by atoms with Crippen molar-refractivity contribution in [3.63, 3.8) is 0 Å². The summed E-state index contributed by atoms with van der Waals surface area (Å²) in [6, 6.07) is 15.1. The van der Waals surface area contributed by atoms with Crippen LogP contribution in [0.2, 0.25) is 0 Å². The molecule has 1 N–H and O–H groups in total. The Hall–Kier alpha value is -3.25. The number of amides is 1. The highest BCUT2D eigenvalue weighted by molar-refractivity contribution is 6.02. The van der Waals surface area contributed by atoms with Crippen LogP contribution in [0.1, 0.15) is 19.5 Å². The molecule has 1 amide bonds. The van der Waals surface area contributed by atoms with E-state index in [0.717, 1.165) is 30.7 Å². The zero-order valence-corrected chi connectivity index (χ0v) is 16.8. The highest BCUT2D eigenvalue weighted by Gasteiger charge is 2.07. The third kappa shape index (κ3) is 5.86. The van der Waals surface area contributed by atoms with Gasteiger partial charge in [0.2, 0.25) is 5.91 Å². The third-order valence-electron chi connectivity index (χ3n) is 4.58. The minimum atomic E-state index is -0.250. The molecule has 0 saturated carbocycles. The standard InChI is InChI=1S/C23H26N4O2/c1-3-27(4-2)15-16-29-22-12-8-7-11-21(22)26-23(28)14-13-18-17-24-19-9-5-6-10-20(19)25-18/h5-14,17H,3-4,15-16H2,1-2H3,(H,26,28)/b14-13+. The second kappa shape index (κ2) is 10.3. The number of carbonyl (C=O) groups is 1. The molecule has 3 aromatic rings. The van der Waals surface area contributed by atoms with Crippen molar-refractivity contribution in [1.82, 2.24) is 14.9 Å². The molecule has 0 saturated heterocycles. The number of nitrogens with zero attached hydrogens (tertiary/aromatic N) is 3. The first-order valence-corrected chi connectivity index (χ1v) is 9.84. The van der Waals surface area contributed by atoms with Crippen molar-refractivity contribution in [3.05, 3.63) is 66.5 Å². The Morgan fingerprint density at radius 3 is 2.59 bits per heavy atom. The van der Waals surface area contributed by atoms with Crippen molar-refractivity contribution < 1.29 is 9.53 Å². The summed E-state index contributed by atoms with van der Waals surface area (Å²) < 4.78 is 5.88. The number of fused-ring (bicyclic) bond motifs is 1. The fourth-order valence-electron chi connectivity index (χ4n) is 2.91. The van der Waals surface area contributed by atoms with Gasteiger partial charge in [0.25, 0.3) is 0 Å². The lowest BCUT2D eigenvalue weighted by Crippen LogP contribution is -2.28. The number of hydrogen-bond donors (Lipinski definition) is 1. The fraction of sp³-hybridized carbons (Fsp3) is 0.261. The normalized spacial score (nSPS) is 11.3. The van der Waals surface area contributed by atoms with E-state index in [1.165, 1.54) is 6.08 Å². The predicted octanol–water partition coefficient (Wildman–Crippen LogP) is 4.00. The fourth-order valence-corrected chi connectivity index (χ4v) is 2.91. The third-order valence-corrected chi connectivity index (χ3v) is 4.58. The summed E-state index contributed by atoms with van der Waals surface area (Å²) in [6.45, 7) is 7.64. The summed E-state index contributed by atoms with van der Waals surface area (Å²) >= 11 is 0. The van der Waals surface area contributed by atoms with Crippen LogP contribution in [0.15, 0.2) is 60.8 Å². The number of hydrogen-bond acceptors (Lipinski definition) is 5. The first-order valence-electron chi connectivity index (χ1n) is 9.84. The Morgan fingerprint density at radius 1 is 1.07 bits per heavy atom. The summed E-state index contributed by atoms with van der Waals surface area (Å²) in [7, 11) is 0. The molecule has 150 valence electrons. The van der Waals surface area contributed by atoms with Crippen molar-refractivity contribution in [3.8, 4) is 5.75 Å². The number of ether oxygens (including phenoxy) is 1. The van der Waals surface area contributed by atoms with Crippen LogP contribution in [0.3, 0.4) is 0 Å². The second-order valence-corrected chi connectivity index (χ2v) is 6.48. The molecule has 0 bridgehead atoms. The molecule has 1 aromatic heterocycles. The molecule has 2 aromatic carbocycles. The lowest BCUT2D eigenvalue weighted by molar-refractivity contribution is -0.111. The molecule has 0 atom stereocenters. The molecular formula is C23H26N4O2. The average Bonchev–Trinajstić information content (AvgIpc) is 2.76. The molecular weight excluding hydrogens is 364 g/mol. The number of para-hydroxylation sites is 4. The SMILES string of the molecule is CCN(CC)CCOc1ccccc1NC(=O)/C=C/c1cnc2ccccc2n1. The van der Waals surface area contributed by atoms with E-state index in [1.54, 1.807) is 12.3 Å². The molecule has 0 unspecified atom stereocenters. The van der Waals surface area contributed by atoms with E-state index in [2.05, 4.69) is 34.0 Å². The zero-order chi connectivity index (χ0) is 20.5. The summed E-state index contributed by atoms with van der Waals surface area (Å²) in [6.07, 6.45) is 4.75. The smallest absolute Gasteiger partial charge is 0.248 e. The van der Waals surface area contributed by atoms with Crippen molar-refractivity contribution in [2.75, 3.05) is 31.6 Å². The van der Waals surface area contributed by atoms with Crippen LogP contribution >= 0.6 is 0 Å². The van der Waals surface area contributed by atoms with Crippen molar-refractivity contribution >= 4 is 28.7 Å². The number of rotatable bonds is 9. The van der Waals surface area contributed by atoms with Crippen LogP contribution in [-0.4, -0.2) is 47.0 Å². The Morgan fingerprint density at radius 2 is 1.79 bits per heavy atom. The number of carbonyl (C=O) groups excluding carboxylic acids is 1. The second-order valence-electron chi connectivity index (χ2n) is 6.48. The molecule has 0 aliphatic heterocycles. The predicted molar refractivity (Wildman–Crippen MR) is 117 cm³/mol. The highest BCUT2D eigenvalue weighted by Crippen LogP contribution is 2.23. The number of benzene rings is 2. The Kier molecular flexibility index (Phi) is 7.30. The Bertz CT molecular complexity index is 983. The molecule has 29 heavy (non-hydrogen) atoms. The highest BCUT2D eigenvalue weighted by atomic mass is 16.5. The maximum atomic E-state index is 12.4. The lowest BCUT2D eigenvalue weighted by Gasteiger charge is -2.19. The number of aromatic nitrogens is 2. The van der Waals surface area contributed by atoms with Crippen molar-refractivity contribution in [1.29, 1.82) is 0 Å². The topological polar surface area (TPSA) is 67.3 Å². The number of likely N-dealkylation sites (N-methyl/N-ethyl adjacent to an activating group) is 1. The van der Waals surface area contributed by atoms with Gasteiger partial charge in [0.05, 0.1) is 28.6 Å². The lowest BCUT2D eigenvalue weighted by atomic mass is 10.2. The molecule has 0 radical (unpaired) electrons. The summed E-state index contributed by atoms with van der Waals surface area (Å²) in [5.74, 6) is 0.409. The van der Waals surface area contributed by atoms with E-state index in [1.807, 2.05) is 48.5 Å². The molecule has 0 aliphatic carbocycles. The van der Waals surface area contributed by atoms with Gasteiger partial charge in [-0.25, -0.2) is 4.98 Å². The summed E-state index contributed by atoms with van der Waals surface area (Å²) in [5.41, 5.74) is 2.89. The minimum Gasteiger partial charge on any atom is -0.490 e. The van der Waals surface area contributed by atoms with Gasteiger partial charge in [0, 0.05) is 12.6 Å². The van der Waals surface area contributed by atoms with Gasteiger partial charge in [-0.2, -0.15) is 0 Å². The van der Waals surface area contributed by atoms with Gasteiger partial charge in [-0.05, 0) is 43.4 Å². The van der Waals surface area contributed by atoms with E-state index in [0.29, 0.717) is 23.7 Å².